The van der Waals surface area contributed by atoms with Gasteiger partial charge in [-0.25, -0.2) is 4.98 Å². The van der Waals surface area contributed by atoms with Crippen LogP contribution in [0.2, 0.25) is 0 Å². The number of nitrogens with zero attached hydrogens (tertiary/aromatic N) is 2. The van der Waals surface area contributed by atoms with Gasteiger partial charge in [0.15, 0.2) is 0 Å². The summed E-state index contributed by atoms with van der Waals surface area (Å²) in [4.78, 5) is 18.5. The van der Waals surface area contributed by atoms with Gasteiger partial charge < -0.3 is 4.90 Å². The number of rotatable bonds is 2. The Labute approximate surface area is 122 Å². The largest absolute Gasteiger partial charge is 0.339 e. The normalized spacial score (nSPS) is 17.1. The van der Waals surface area contributed by atoms with Crippen molar-refractivity contribution < 1.29 is 4.79 Å². The van der Waals surface area contributed by atoms with Crippen molar-refractivity contribution in [3.63, 3.8) is 0 Å². The highest BCUT2D eigenvalue weighted by Gasteiger charge is 2.18. The van der Waals surface area contributed by atoms with E-state index in [-0.39, 0.29) is 5.91 Å². The average molecular weight is 286 g/mol. The van der Waals surface area contributed by atoms with Crippen LogP contribution in [0.25, 0.3) is 16.3 Å². The number of hydrogen-bond acceptors (Lipinski definition) is 3. The molecule has 1 aliphatic heterocycles. The van der Waals surface area contributed by atoms with Crippen molar-refractivity contribution >= 4 is 33.5 Å². The molecule has 0 spiro atoms. The molecule has 104 valence electrons. The Morgan fingerprint density at radius 3 is 2.85 bits per heavy atom. The summed E-state index contributed by atoms with van der Waals surface area (Å²) in [5.74, 6) is 0.850. The summed E-state index contributed by atoms with van der Waals surface area (Å²) in [5.41, 5.74) is 0.997. The first-order valence-corrected chi connectivity index (χ1v) is 7.86. The van der Waals surface area contributed by atoms with Crippen molar-refractivity contribution in [1.82, 2.24) is 9.88 Å². The third-order valence-corrected chi connectivity index (χ3v) is 4.78. The second kappa shape index (κ2) is 5.75. The first kappa shape index (κ1) is 13.3. The lowest BCUT2D eigenvalue weighted by molar-refractivity contribution is -0.127. The lowest BCUT2D eigenvalue weighted by Crippen LogP contribution is -2.36. The lowest BCUT2D eigenvalue weighted by atomic mass is 9.99. The second-order valence-corrected chi connectivity index (χ2v) is 6.42. The fraction of sp³-hybridized carbons (Fsp3) is 0.375. The van der Waals surface area contributed by atoms with E-state index < -0.39 is 0 Å². The van der Waals surface area contributed by atoms with E-state index in [0.29, 0.717) is 0 Å². The molecule has 0 saturated carbocycles. The van der Waals surface area contributed by atoms with Crippen LogP contribution in [-0.4, -0.2) is 28.9 Å². The van der Waals surface area contributed by atoms with Gasteiger partial charge in [0.1, 0.15) is 5.01 Å². The van der Waals surface area contributed by atoms with Gasteiger partial charge in [-0.05, 0) is 37.0 Å². The highest BCUT2D eigenvalue weighted by atomic mass is 32.1. The quantitative estimate of drug-likeness (QED) is 0.791. The van der Waals surface area contributed by atoms with Crippen LogP contribution in [0.5, 0.6) is 0 Å². The fourth-order valence-corrected chi connectivity index (χ4v) is 3.31. The van der Waals surface area contributed by atoms with E-state index in [1.54, 1.807) is 17.4 Å². The summed E-state index contributed by atoms with van der Waals surface area (Å²) in [6, 6.07) is 8.04. The number of piperidine rings is 1. The minimum Gasteiger partial charge on any atom is -0.339 e. The summed E-state index contributed by atoms with van der Waals surface area (Å²) in [5, 5.41) is 0.893. The Morgan fingerprint density at radius 2 is 2.10 bits per heavy atom. The van der Waals surface area contributed by atoms with Crippen LogP contribution in [0.4, 0.5) is 0 Å². The molecule has 2 heterocycles. The number of aromatic nitrogens is 1. The summed E-state index contributed by atoms with van der Waals surface area (Å²) in [6.07, 6.45) is 5.72. The fourth-order valence-electron chi connectivity index (χ4n) is 2.44. The van der Waals surface area contributed by atoms with E-state index in [4.69, 9.17) is 0 Å². The molecule has 0 N–H and O–H groups in total. The maximum absolute atomic E-state index is 12.1. The standard InChI is InChI=1S/C16H18N2OS/c1-12-8-10-18(11-9-12)16(19)7-6-15-17-13-4-2-3-5-14(13)20-15/h2-7,12H,8-11H2,1H3/b7-6+. The van der Waals surface area contributed by atoms with Crippen molar-refractivity contribution in [1.29, 1.82) is 0 Å². The highest BCUT2D eigenvalue weighted by molar-refractivity contribution is 7.19. The number of para-hydroxylation sites is 1. The van der Waals surface area contributed by atoms with Crippen LogP contribution >= 0.6 is 11.3 Å². The van der Waals surface area contributed by atoms with Crippen LogP contribution < -0.4 is 0 Å². The Balaban J connectivity index is 1.68. The zero-order valence-corrected chi connectivity index (χ0v) is 12.4. The van der Waals surface area contributed by atoms with Crippen LogP contribution in [0.15, 0.2) is 30.3 Å². The number of amides is 1. The number of hydrogen-bond donors (Lipinski definition) is 0. The van der Waals surface area contributed by atoms with Crippen molar-refractivity contribution in [3.05, 3.63) is 35.3 Å². The zero-order valence-electron chi connectivity index (χ0n) is 11.6. The molecule has 4 heteroatoms. The number of likely N-dealkylation sites (tertiary alicyclic amines) is 1. The van der Waals surface area contributed by atoms with E-state index in [1.807, 2.05) is 29.2 Å². The van der Waals surface area contributed by atoms with Crippen molar-refractivity contribution in [2.75, 3.05) is 13.1 Å². The molecule has 0 unspecified atom stereocenters. The molecule has 0 radical (unpaired) electrons. The van der Waals surface area contributed by atoms with Crippen molar-refractivity contribution in [2.24, 2.45) is 5.92 Å². The first-order valence-electron chi connectivity index (χ1n) is 7.05. The van der Waals surface area contributed by atoms with Gasteiger partial charge in [-0.2, -0.15) is 0 Å². The summed E-state index contributed by atoms with van der Waals surface area (Å²) in [7, 11) is 0. The van der Waals surface area contributed by atoms with Gasteiger partial charge in [0.05, 0.1) is 10.2 Å². The maximum Gasteiger partial charge on any atom is 0.246 e. The van der Waals surface area contributed by atoms with Gasteiger partial charge in [0.2, 0.25) is 5.91 Å². The Hall–Kier alpha value is -1.68. The van der Waals surface area contributed by atoms with Gasteiger partial charge in [-0.3, -0.25) is 4.79 Å². The van der Waals surface area contributed by atoms with Gasteiger partial charge in [0.25, 0.3) is 0 Å². The number of carbonyl (C=O) groups excluding carboxylic acids is 1. The molecular weight excluding hydrogens is 268 g/mol. The first-order chi connectivity index (χ1) is 9.72. The van der Waals surface area contributed by atoms with Crippen LogP contribution in [0.3, 0.4) is 0 Å². The van der Waals surface area contributed by atoms with Crippen LogP contribution in [0, 0.1) is 5.92 Å². The van der Waals surface area contributed by atoms with Crippen LogP contribution in [-0.2, 0) is 4.79 Å². The molecule has 1 aromatic heterocycles. The van der Waals surface area contributed by atoms with Gasteiger partial charge in [-0.15, -0.1) is 11.3 Å². The molecule has 0 atom stereocenters. The number of thiazole rings is 1. The Kier molecular flexibility index (Phi) is 3.83. The topological polar surface area (TPSA) is 33.2 Å². The highest BCUT2D eigenvalue weighted by Crippen LogP contribution is 2.22. The van der Waals surface area contributed by atoms with E-state index in [2.05, 4.69) is 18.0 Å². The number of benzene rings is 1. The average Bonchev–Trinajstić information content (AvgIpc) is 2.88. The van der Waals surface area contributed by atoms with E-state index in [0.717, 1.165) is 47.1 Å². The van der Waals surface area contributed by atoms with Gasteiger partial charge in [-0.1, -0.05) is 19.1 Å². The molecule has 1 saturated heterocycles. The SMILES string of the molecule is CC1CCN(C(=O)/C=C/c2nc3ccccc3s2)CC1. The Bertz CT molecular complexity index is 606. The number of carbonyl (C=O) groups is 1. The predicted octanol–water partition coefficient (Wildman–Crippen LogP) is 3.57. The zero-order chi connectivity index (χ0) is 13.9. The molecule has 1 amide bonds. The molecule has 1 aliphatic rings. The summed E-state index contributed by atoms with van der Waals surface area (Å²) < 4.78 is 1.16. The predicted molar refractivity (Wildman–Crippen MR) is 83.6 cm³/mol. The Morgan fingerprint density at radius 1 is 1.35 bits per heavy atom. The van der Waals surface area contributed by atoms with E-state index in [9.17, 15) is 4.79 Å². The monoisotopic (exact) mass is 286 g/mol. The maximum atomic E-state index is 12.1. The van der Waals surface area contributed by atoms with Crippen LogP contribution in [0.1, 0.15) is 24.8 Å². The number of fused-ring (bicyclic) bond motifs is 1. The van der Waals surface area contributed by atoms with E-state index >= 15 is 0 Å². The smallest absolute Gasteiger partial charge is 0.246 e. The third kappa shape index (κ3) is 2.90. The molecule has 0 bridgehead atoms. The third-order valence-electron chi connectivity index (χ3n) is 3.77. The summed E-state index contributed by atoms with van der Waals surface area (Å²) >= 11 is 1.62. The molecule has 20 heavy (non-hydrogen) atoms. The van der Waals surface area contributed by atoms with Gasteiger partial charge in [0, 0.05) is 19.2 Å². The lowest BCUT2D eigenvalue weighted by Gasteiger charge is -2.29. The van der Waals surface area contributed by atoms with Gasteiger partial charge >= 0.3 is 0 Å². The molecule has 3 nitrogen and oxygen atoms in total. The molecule has 1 aromatic carbocycles. The molecular formula is C16H18N2OS. The van der Waals surface area contributed by atoms with Crippen molar-refractivity contribution in [2.45, 2.75) is 19.8 Å². The van der Waals surface area contributed by atoms with E-state index in [1.165, 1.54) is 0 Å². The molecule has 1 fully saturated rings. The minimum absolute atomic E-state index is 0.108. The molecule has 2 aromatic rings. The molecule has 0 aliphatic carbocycles. The second-order valence-electron chi connectivity index (χ2n) is 5.36. The van der Waals surface area contributed by atoms with Crippen molar-refractivity contribution in [3.8, 4) is 0 Å². The summed E-state index contributed by atoms with van der Waals surface area (Å²) in [6.45, 7) is 4.01. The minimum atomic E-state index is 0.108. The molecule has 3 rings (SSSR count).